The number of carbonyl (C=O) groups excluding carboxylic acids is 2. The van der Waals surface area contributed by atoms with Crippen LogP contribution in [0.15, 0.2) is 6.07 Å². The summed E-state index contributed by atoms with van der Waals surface area (Å²) in [6.07, 6.45) is 2.00. The van der Waals surface area contributed by atoms with Crippen LogP contribution < -0.4 is 10.1 Å². The van der Waals surface area contributed by atoms with Crippen molar-refractivity contribution in [2.24, 2.45) is 0 Å². The molecule has 4 nitrogen and oxygen atoms in total. The second kappa shape index (κ2) is 12.3. The van der Waals surface area contributed by atoms with Gasteiger partial charge in [-0.2, -0.15) is 8.78 Å². The maximum atomic E-state index is 13.3. The van der Waals surface area contributed by atoms with E-state index in [0.717, 1.165) is 19.3 Å². The number of carbonyl (C=O) groups is 2. The minimum absolute atomic E-state index is 0.00571. The fourth-order valence-corrected chi connectivity index (χ4v) is 1.71. The molecule has 0 aliphatic rings. The van der Waals surface area contributed by atoms with Gasteiger partial charge in [0, 0.05) is 19.0 Å². The van der Waals surface area contributed by atoms with E-state index in [1.54, 1.807) is 0 Å². The zero-order valence-corrected chi connectivity index (χ0v) is 14.6. The Morgan fingerprint density at radius 3 is 2.08 bits per heavy atom. The number of amides is 1. The van der Waals surface area contributed by atoms with Crippen molar-refractivity contribution in [3.63, 3.8) is 0 Å². The molecule has 25 heavy (non-hydrogen) atoms. The Balaban J connectivity index is 0.00000277. The largest absolute Gasteiger partial charge is 0.420 e. The van der Waals surface area contributed by atoms with Gasteiger partial charge in [0.2, 0.25) is 23.3 Å². The van der Waals surface area contributed by atoms with Crippen LogP contribution in [0.2, 0.25) is 0 Å². The lowest BCUT2D eigenvalue weighted by Gasteiger charge is -2.08. The summed E-state index contributed by atoms with van der Waals surface area (Å²) in [5.41, 5.74) is 0. The van der Waals surface area contributed by atoms with Crippen molar-refractivity contribution >= 4 is 11.9 Å². The Bertz CT molecular complexity index is 553. The molecule has 8 heteroatoms. The maximum Gasteiger partial charge on any atom is 0.311 e. The van der Waals surface area contributed by atoms with E-state index in [1.165, 1.54) is 0 Å². The molecule has 1 N–H and O–H groups in total. The molecule has 0 aromatic heterocycles. The minimum atomic E-state index is -1.80. The monoisotopic (exact) mass is 365 g/mol. The van der Waals surface area contributed by atoms with Gasteiger partial charge in [-0.05, 0) is 6.42 Å². The van der Waals surface area contributed by atoms with Crippen LogP contribution in [0.3, 0.4) is 0 Å². The summed E-state index contributed by atoms with van der Waals surface area (Å²) in [5, 5.41) is 2.56. The van der Waals surface area contributed by atoms with Gasteiger partial charge in [-0.15, -0.1) is 0 Å². The quantitative estimate of drug-likeness (QED) is 0.246. The van der Waals surface area contributed by atoms with Crippen LogP contribution in [0.25, 0.3) is 0 Å². The number of unbranched alkanes of at least 4 members (excludes halogenated alkanes) is 2. The van der Waals surface area contributed by atoms with Crippen molar-refractivity contribution in [1.29, 1.82) is 0 Å². The van der Waals surface area contributed by atoms with Gasteiger partial charge in [-0.1, -0.05) is 33.6 Å². The summed E-state index contributed by atoms with van der Waals surface area (Å²) in [6, 6.07) is 0.00571. The van der Waals surface area contributed by atoms with Crippen LogP contribution in [0.1, 0.15) is 52.9 Å². The predicted molar refractivity (Wildman–Crippen MR) is 85.0 cm³/mol. The number of halogens is 4. The van der Waals surface area contributed by atoms with E-state index in [2.05, 4.69) is 10.1 Å². The van der Waals surface area contributed by atoms with Crippen molar-refractivity contribution in [3.05, 3.63) is 29.3 Å². The van der Waals surface area contributed by atoms with Crippen molar-refractivity contribution in [3.8, 4) is 5.75 Å². The standard InChI is InChI=1S/C15H17F4NO3.C2H6/c1-2-3-4-7-20-11(21)5-6-12(22)23-15-13(18)9(16)8-10(17)14(15)19;1-2/h8H,2-7H2,1H3,(H,20,21);1-2H3. The second-order valence-corrected chi connectivity index (χ2v) is 4.83. The first-order valence-corrected chi connectivity index (χ1v) is 8.17. The van der Waals surface area contributed by atoms with E-state index in [0.29, 0.717) is 6.54 Å². The molecule has 1 amide bonds. The highest BCUT2D eigenvalue weighted by Gasteiger charge is 2.23. The summed E-state index contributed by atoms with van der Waals surface area (Å²) < 4.78 is 56.8. The number of ether oxygens (including phenoxy) is 1. The first kappa shape index (κ1) is 22.9. The molecular formula is C17H23F4NO3. The number of nitrogens with one attached hydrogen (secondary N) is 1. The van der Waals surface area contributed by atoms with Crippen molar-refractivity contribution < 1.29 is 31.9 Å². The van der Waals surface area contributed by atoms with E-state index >= 15 is 0 Å². The summed E-state index contributed by atoms with van der Waals surface area (Å²) in [5.74, 6) is -10.0. The van der Waals surface area contributed by atoms with E-state index in [9.17, 15) is 27.2 Å². The molecule has 0 unspecified atom stereocenters. The number of benzene rings is 1. The predicted octanol–water partition coefficient (Wildman–Crippen LogP) is 4.26. The third kappa shape index (κ3) is 8.00. The van der Waals surface area contributed by atoms with Gasteiger partial charge in [0.15, 0.2) is 11.6 Å². The lowest BCUT2D eigenvalue weighted by molar-refractivity contribution is -0.136. The van der Waals surface area contributed by atoms with E-state index in [1.807, 2.05) is 20.8 Å². The van der Waals surface area contributed by atoms with Crippen molar-refractivity contribution in [2.45, 2.75) is 52.9 Å². The summed E-state index contributed by atoms with van der Waals surface area (Å²) in [7, 11) is 0. The Kier molecular flexibility index (Phi) is 11.2. The van der Waals surface area contributed by atoms with Gasteiger partial charge in [-0.3, -0.25) is 9.59 Å². The molecular weight excluding hydrogens is 342 g/mol. The van der Waals surface area contributed by atoms with Gasteiger partial charge in [-0.25, -0.2) is 8.78 Å². The molecule has 1 aromatic carbocycles. The molecule has 0 radical (unpaired) electrons. The summed E-state index contributed by atoms with van der Waals surface area (Å²) >= 11 is 0. The average molecular weight is 365 g/mol. The lowest BCUT2D eigenvalue weighted by atomic mass is 10.2. The van der Waals surface area contributed by atoms with Gasteiger partial charge in [0.05, 0.1) is 6.42 Å². The first-order valence-electron chi connectivity index (χ1n) is 8.17. The highest BCUT2D eigenvalue weighted by Crippen LogP contribution is 2.26. The van der Waals surface area contributed by atoms with E-state index in [4.69, 9.17) is 0 Å². The van der Waals surface area contributed by atoms with Gasteiger partial charge in [0.1, 0.15) is 0 Å². The Morgan fingerprint density at radius 2 is 1.56 bits per heavy atom. The summed E-state index contributed by atoms with van der Waals surface area (Å²) in [6.45, 7) is 6.46. The van der Waals surface area contributed by atoms with Gasteiger partial charge >= 0.3 is 5.97 Å². The number of hydrogen-bond donors (Lipinski definition) is 1. The third-order valence-corrected chi connectivity index (χ3v) is 2.95. The zero-order valence-electron chi connectivity index (χ0n) is 14.6. The van der Waals surface area contributed by atoms with Crippen molar-refractivity contribution in [1.82, 2.24) is 5.32 Å². The normalized spacial score (nSPS) is 9.88. The lowest BCUT2D eigenvalue weighted by Crippen LogP contribution is -2.25. The number of rotatable bonds is 8. The van der Waals surface area contributed by atoms with Crippen molar-refractivity contribution in [2.75, 3.05) is 6.54 Å². The van der Waals surface area contributed by atoms with E-state index < -0.39 is 47.3 Å². The maximum absolute atomic E-state index is 13.3. The van der Waals surface area contributed by atoms with Crippen LogP contribution in [0.5, 0.6) is 5.75 Å². The Labute approximate surface area is 144 Å². The molecule has 0 aliphatic carbocycles. The van der Waals surface area contributed by atoms with Crippen LogP contribution in [0.4, 0.5) is 17.6 Å². The third-order valence-electron chi connectivity index (χ3n) is 2.95. The van der Waals surface area contributed by atoms with Gasteiger partial charge in [0.25, 0.3) is 0 Å². The molecule has 0 saturated carbocycles. The molecule has 0 saturated heterocycles. The topological polar surface area (TPSA) is 55.4 Å². The molecule has 0 heterocycles. The fourth-order valence-electron chi connectivity index (χ4n) is 1.71. The Morgan fingerprint density at radius 1 is 1.00 bits per heavy atom. The van der Waals surface area contributed by atoms with Crippen LogP contribution in [0, 0.1) is 23.3 Å². The zero-order chi connectivity index (χ0) is 19.4. The molecule has 0 bridgehead atoms. The average Bonchev–Trinajstić information content (AvgIpc) is 2.60. The van der Waals surface area contributed by atoms with Crippen LogP contribution in [-0.2, 0) is 9.59 Å². The fraction of sp³-hybridized carbons (Fsp3) is 0.529. The molecule has 0 fully saturated rings. The molecule has 1 aromatic rings. The minimum Gasteiger partial charge on any atom is -0.420 e. The summed E-state index contributed by atoms with van der Waals surface area (Å²) in [4.78, 5) is 22.9. The number of esters is 1. The highest BCUT2D eigenvalue weighted by molar-refractivity contribution is 5.82. The number of hydrogen-bond acceptors (Lipinski definition) is 3. The molecule has 142 valence electrons. The van der Waals surface area contributed by atoms with Gasteiger partial charge < -0.3 is 10.1 Å². The highest BCUT2D eigenvalue weighted by atomic mass is 19.2. The molecule has 0 aliphatic heterocycles. The first-order chi connectivity index (χ1) is 11.9. The second-order valence-electron chi connectivity index (χ2n) is 4.83. The van der Waals surface area contributed by atoms with E-state index in [-0.39, 0.29) is 12.5 Å². The van der Waals surface area contributed by atoms with Crippen LogP contribution >= 0.6 is 0 Å². The SMILES string of the molecule is CC.CCCCCNC(=O)CCC(=O)Oc1c(F)c(F)cc(F)c1F. The molecule has 1 rings (SSSR count). The smallest absolute Gasteiger partial charge is 0.311 e. The molecule has 0 atom stereocenters. The molecule has 0 spiro atoms. The van der Waals surface area contributed by atoms with Crippen LogP contribution in [-0.4, -0.2) is 18.4 Å². The Hall–Kier alpha value is -2.12.